The Morgan fingerprint density at radius 1 is 1.46 bits per heavy atom. The first-order valence-corrected chi connectivity index (χ1v) is 7.78. The van der Waals surface area contributed by atoms with E-state index >= 15 is 0 Å². The predicted molar refractivity (Wildman–Crippen MR) is 83.1 cm³/mol. The highest BCUT2D eigenvalue weighted by molar-refractivity contribution is 5.95. The first kappa shape index (κ1) is 16.3. The second kappa shape index (κ2) is 5.50. The standard InChI is InChI=1S/C15H20N4O5/c1-15(2,3)24-14(23)17-5-7-4-8-6-16-12(21)9-10(20)13(22)18-11(7)19(8)9/h7-8,20H,4-6H2,1-3H3,(H,16,21)(H,17,23). The van der Waals surface area contributed by atoms with Crippen LogP contribution >= 0.6 is 0 Å². The normalized spacial score (nSPS) is 21.9. The summed E-state index contributed by atoms with van der Waals surface area (Å²) in [5, 5.41) is 15.2. The molecular weight excluding hydrogens is 316 g/mol. The summed E-state index contributed by atoms with van der Waals surface area (Å²) in [7, 11) is 0. The molecule has 0 fully saturated rings. The van der Waals surface area contributed by atoms with Crippen molar-refractivity contribution >= 4 is 12.0 Å². The molecule has 9 nitrogen and oxygen atoms in total. The highest BCUT2D eigenvalue weighted by atomic mass is 16.6. The second-order valence-corrected chi connectivity index (χ2v) is 7.02. The molecule has 3 rings (SSSR count). The van der Waals surface area contributed by atoms with Gasteiger partial charge in [-0.15, -0.1) is 0 Å². The summed E-state index contributed by atoms with van der Waals surface area (Å²) in [6.07, 6.45) is 0.0434. The van der Waals surface area contributed by atoms with Gasteiger partial charge in [0.05, 0.1) is 6.04 Å². The minimum atomic E-state index is -0.837. The van der Waals surface area contributed by atoms with Crippen molar-refractivity contribution in [2.24, 2.45) is 0 Å². The van der Waals surface area contributed by atoms with E-state index in [1.54, 1.807) is 25.3 Å². The Labute approximate surface area is 138 Å². The van der Waals surface area contributed by atoms with Gasteiger partial charge < -0.3 is 25.0 Å². The van der Waals surface area contributed by atoms with E-state index < -0.39 is 28.9 Å². The minimum absolute atomic E-state index is 0.0546. The van der Waals surface area contributed by atoms with Gasteiger partial charge in [0, 0.05) is 19.0 Å². The Bertz CT molecular complexity index is 764. The van der Waals surface area contributed by atoms with Crippen molar-refractivity contribution in [3.8, 4) is 5.75 Å². The summed E-state index contributed by atoms with van der Waals surface area (Å²) in [5.74, 6) is -0.960. The van der Waals surface area contributed by atoms with Crippen LogP contribution in [0.5, 0.6) is 5.75 Å². The lowest BCUT2D eigenvalue weighted by molar-refractivity contribution is 0.0524. The molecule has 24 heavy (non-hydrogen) atoms. The Morgan fingerprint density at radius 3 is 2.83 bits per heavy atom. The monoisotopic (exact) mass is 336 g/mol. The summed E-state index contributed by atoms with van der Waals surface area (Å²) in [4.78, 5) is 39.5. The molecule has 0 aromatic carbocycles. The summed E-state index contributed by atoms with van der Waals surface area (Å²) in [6, 6.07) is -0.0999. The Morgan fingerprint density at radius 2 is 2.17 bits per heavy atom. The second-order valence-electron chi connectivity index (χ2n) is 7.02. The van der Waals surface area contributed by atoms with Crippen molar-refractivity contribution in [3.63, 3.8) is 0 Å². The van der Waals surface area contributed by atoms with Crippen molar-refractivity contribution in [2.45, 2.75) is 44.8 Å². The lowest BCUT2D eigenvalue weighted by Crippen LogP contribution is -2.40. The topological polar surface area (TPSA) is 123 Å². The highest BCUT2D eigenvalue weighted by Gasteiger charge is 2.40. The van der Waals surface area contributed by atoms with Crippen LogP contribution in [0.4, 0.5) is 4.79 Å². The molecule has 0 aliphatic carbocycles. The van der Waals surface area contributed by atoms with Crippen LogP contribution in [0.2, 0.25) is 0 Å². The first-order valence-electron chi connectivity index (χ1n) is 7.78. The molecule has 0 saturated carbocycles. The van der Waals surface area contributed by atoms with Gasteiger partial charge in [-0.2, -0.15) is 4.98 Å². The van der Waals surface area contributed by atoms with E-state index in [4.69, 9.17) is 4.74 Å². The number of rotatable bonds is 2. The number of aromatic nitrogens is 2. The van der Waals surface area contributed by atoms with Gasteiger partial charge in [-0.3, -0.25) is 9.59 Å². The average Bonchev–Trinajstić information content (AvgIpc) is 2.80. The average molecular weight is 336 g/mol. The van der Waals surface area contributed by atoms with Crippen LogP contribution in [0.3, 0.4) is 0 Å². The van der Waals surface area contributed by atoms with E-state index in [1.165, 1.54) is 0 Å². The molecule has 9 heteroatoms. The summed E-state index contributed by atoms with van der Waals surface area (Å²) in [6.45, 7) is 5.93. The van der Waals surface area contributed by atoms with Crippen LogP contribution in [0.15, 0.2) is 4.79 Å². The lowest BCUT2D eigenvalue weighted by Gasteiger charge is -2.24. The highest BCUT2D eigenvalue weighted by Crippen LogP contribution is 2.38. The molecule has 2 aliphatic rings. The van der Waals surface area contributed by atoms with Crippen molar-refractivity contribution in [3.05, 3.63) is 21.9 Å². The summed E-state index contributed by atoms with van der Waals surface area (Å²) in [5.41, 5.74) is -1.50. The molecule has 0 radical (unpaired) electrons. The number of carbonyl (C=O) groups is 2. The predicted octanol–water partition coefficient (Wildman–Crippen LogP) is 0.245. The zero-order valence-corrected chi connectivity index (χ0v) is 13.8. The number of hydrogen-bond donors (Lipinski definition) is 3. The van der Waals surface area contributed by atoms with Gasteiger partial charge in [0.2, 0.25) is 5.75 Å². The van der Waals surface area contributed by atoms with E-state index in [2.05, 4.69) is 15.6 Å². The molecule has 0 spiro atoms. The number of hydrogen-bond acceptors (Lipinski definition) is 6. The van der Waals surface area contributed by atoms with Crippen LogP contribution in [-0.2, 0) is 4.74 Å². The van der Waals surface area contributed by atoms with Crippen LogP contribution in [-0.4, -0.2) is 45.3 Å². The van der Waals surface area contributed by atoms with Crippen LogP contribution < -0.4 is 16.2 Å². The Balaban J connectivity index is 1.84. The molecule has 130 valence electrons. The maximum atomic E-state index is 12.0. The SMILES string of the molecule is CC(C)(C)OC(=O)NCC1CC2CNC(=O)c3c(O)c(=O)nc1n32. The molecule has 2 amide bonds. The quantitative estimate of drug-likeness (QED) is 0.711. The van der Waals surface area contributed by atoms with Gasteiger partial charge in [-0.05, 0) is 27.2 Å². The first-order chi connectivity index (χ1) is 11.2. The van der Waals surface area contributed by atoms with Crippen LogP contribution in [0.25, 0.3) is 0 Å². The maximum Gasteiger partial charge on any atom is 0.407 e. The Kier molecular flexibility index (Phi) is 3.73. The van der Waals surface area contributed by atoms with Gasteiger partial charge in [0.15, 0.2) is 5.69 Å². The molecule has 0 saturated heterocycles. The largest absolute Gasteiger partial charge is 0.501 e. The number of nitrogens with zero attached hydrogens (tertiary/aromatic N) is 2. The van der Waals surface area contributed by atoms with Crippen molar-refractivity contribution in [2.75, 3.05) is 13.1 Å². The summed E-state index contributed by atoms with van der Waals surface area (Å²) < 4.78 is 6.80. The van der Waals surface area contributed by atoms with E-state index in [0.29, 0.717) is 18.8 Å². The van der Waals surface area contributed by atoms with Gasteiger partial charge in [0.25, 0.3) is 5.91 Å². The number of ether oxygens (including phenoxy) is 1. The van der Waals surface area contributed by atoms with Gasteiger partial charge in [-0.1, -0.05) is 0 Å². The van der Waals surface area contributed by atoms with Crippen molar-refractivity contribution in [1.82, 2.24) is 20.2 Å². The number of amides is 2. The van der Waals surface area contributed by atoms with Crippen LogP contribution in [0, 0.1) is 0 Å². The molecule has 2 atom stereocenters. The van der Waals surface area contributed by atoms with Gasteiger partial charge in [-0.25, -0.2) is 4.79 Å². The molecule has 0 bridgehead atoms. The summed E-state index contributed by atoms with van der Waals surface area (Å²) >= 11 is 0. The maximum absolute atomic E-state index is 12.0. The zero-order valence-electron chi connectivity index (χ0n) is 13.8. The smallest absolute Gasteiger partial charge is 0.407 e. The van der Waals surface area contributed by atoms with E-state index in [-0.39, 0.29) is 24.2 Å². The molecule has 2 unspecified atom stereocenters. The third-order valence-electron chi connectivity index (χ3n) is 4.02. The van der Waals surface area contributed by atoms with Crippen molar-refractivity contribution < 1.29 is 19.4 Å². The Hall–Kier alpha value is -2.58. The lowest BCUT2D eigenvalue weighted by atomic mass is 10.0. The van der Waals surface area contributed by atoms with Gasteiger partial charge in [0.1, 0.15) is 11.4 Å². The number of alkyl carbamates (subject to hydrolysis) is 1. The minimum Gasteiger partial charge on any atom is -0.501 e. The third kappa shape index (κ3) is 2.81. The zero-order chi connectivity index (χ0) is 17.6. The van der Waals surface area contributed by atoms with Crippen LogP contribution in [0.1, 0.15) is 55.5 Å². The van der Waals surface area contributed by atoms with Crippen molar-refractivity contribution in [1.29, 1.82) is 0 Å². The number of aromatic hydroxyl groups is 1. The fourth-order valence-electron chi connectivity index (χ4n) is 3.12. The molecule has 3 N–H and O–H groups in total. The van der Waals surface area contributed by atoms with Gasteiger partial charge >= 0.3 is 11.7 Å². The van der Waals surface area contributed by atoms with E-state index in [0.717, 1.165) is 0 Å². The molecule has 2 aliphatic heterocycles. The fourth-order valence-corrected chi connectivity index (χ4v) is 3.12. The molecule has 1 aromatic rings. The molecule has 1 aromatic heterocycles. The molecule has 3 heterocycles. The number of carbonyl (C=O) groups excluding carboxylic acids is 2. The van der Waals surface area contributed by atoms with E-state index in [1.807, 2.05) is 0 Å². The van der Waals surface area contributed by atoms with E-state index in [9.17, 15) is 19.5 Å². The fraction of sp³-hybridized carbons (Fsp3) is 0.600. The molecular formula is C15H20N4O5. The number of nitrogens with one attached hydrogen (secondary N) is 2. The third-order valence-corrected chi connectivity index (χ3v) is 4.02.